The summed E-state index contributed by atoms with van der Waals surface area (Å²) in [5, 5.41) is 0.474. The van der Waals surface area contributed by atoms with E-state index in [0.29, 0.717) is 22.1 Å². The zero-order valence-electron chi connectivity index (χ0n) is 12.4. The Hall–Kier alpha value is -1.50. The van der Waals surface area contributed by atoms with Gasteiger partial charge in [0.25, 0.3) is 5.91 Å². The molecule has 0 fully saturated rings. The monoisotopic (exact) mass is 292 g/mol. The summed E-state index contributed by atoms with van der Waals surface area (Å²) in [5.74, 6) is 5.99. The zero-order valence-corrected chi connectivity index (χ0v) is 13.2. The quantitative estimate of drug-likeness (QED) is 0.871. The minimum Gasteiger partial charge on any atom is -0.339 e. The average Bonchev–Trinajstić information content (AvgIpc) is 2.43. The molecule has 0 radical (unpaired) electrons. The van der Waals surface area contributed by atoms with Gasteiger partial charge in [-0.2, -0.15) is 0 Å². The molecule has 0 aliphatic carbocycles. The summed E-state index contributed by atoms with van der Waals surface area (Å²) < 4.78 is 0. The highest BCUT2D eigenvalue weighted by Crippen LogP contribution is 2.19. The van der Waals surface area contributed by atoms with E-state index in [0.717, 1.165) is 0 Å². The van der Waals surface area contributed by atoms with E-state index in [9.17, 15) is 4.79 Å². The predicted molar refractivity (Wildman–Crippen MR) is 83.8 cm³/mol. The normalized spacial score (nSPS) is 11.8. The molecule has 1 aromatic carbocycles. The molecule has 1 rings (SSSR count). The molecule has 1 amide bonds. The number of rotatable bonds is 3. The molecule has 4 heteroatoms. The Bertz CT molecular complexity index is 543. The van der Waals surface area contributed by atoms with Crippen LogP contribution in [0, 0.1) is 17.8 Å². The fraction of sp³-hybridized carbons (Fsp3) is 0.438. The van der Waals surface area contributed by atoms with Gasteiger partial charge in [-0.25, -0.2) is 0 Å². The second kappa shape index (κ2) is 7.33. The molecule has 0 aliphatic rings. The fourth-order valence-corrected chi connectivity index (χ4v) is 1.96. The lowest BCUT2D eigenvalue weighted by Gasteiger charge is -2.28. The van der Waals surface area contributed by atoms with Gasteiger partial charge in [-0.3, -0.25) is 4.79 Å². The molecular formula is C16H21ClN2O. The van der Waals surface area contributed by atoms with Crippen molar-refractivity contribution in [1.82, 2.24) is 4.90 Å². The number of carbonyl (C=O) groups excluding carboxylic acids is 1. The van der Waals surface area contributed by atoms with Crippen molar-refractivity contribution in [3.8, 4) is 11.8 Å². The Morgan fingerprint density at radius 1 is 1.40 bits per heavy atom. The Balaban J connectivity index is 2.98. The number of amides is 1. The number of nitrogens with two attached hydrogens (primary N) is 1. The van der Waals surface area contributed by atoms with Crippen molar-refractivity contribution in [2.75, 3.05) is 13.6 Å². The van der Waals surface area contributed by atoms with Crippen LogP contribution in [0.3, 0.4) is 0 Å². The highest BCUT2D eigenvalue weighted by atomic mass is 35.5. The van der Waals surface area contributed by atoms with E-state index in [1.807, 2.05) is 14.0 Å². The Kier molecular flexibility index (Phi) is 6.06. The van der Waals surface area contributed by atoms with E-state index in [1.165, 1.54) is 0 Å². The van der Waals surface area contributed by atoms with Crippen molar-refractivity contribution in [3.63, 3.8) is 0 Å². The summed E-state index contributed by atoms with van der Waals surface area (Å²) in [6.45, 7) is 6.50. The topological polar surface area (TPSA) is 46.3 Å². The summed E-state index contributed by atoms with van der Waals surface area (Å²) >= 11 is 6.14. The molecule has 1 unspecified atom stereocenters. The summed E-state index contributed by atoms with van der Waals surface area (Å²) in [4.78, 5) is 14.1. The van der Waals surface area contributed by atoms with Crippen LogP contribution in [0.25, 0.3) is 0 Å². The minimum atomic E-state index is -0.0357. The van der Waals surface area contributed by atoms with Gasteiger partial charge in [0, 0.05) is 24.2 Å². The average molecular weight is 293 g/mol. The summed E-state index contributed by atoms with van der Waals surface area (Å²) in [5.41, 5.74) is 6.59. The molecule has 0 saturated carbocycles. The van der Waals surface area contributed by atoms with Crippen LogP contribution in [0.15, 0.2) is 18.2 Å². The van der Waals surface area contributed by atoms with Crippen LogP contribution < -0.4 is 5.73 Å². The predicted octanol–water partition coefficient (Wildman–Crippen LogP) is 2.77. The highest BCUT2D eigenvalue weighted by molar-refractivity contribution is 6.32. The van der Waals surface area contributed by atoms with Crippen molar-refractivity contribution in [3.05, 3.63) is 34.3 Å². The van der Waals surface area contributed by atoms with E-state index >= 15 is 0 Å². The minimum absolute atomic E-state index is 0.0357. The van der Waals surface area contributed by atoms with Crippen LogP contribution in [0.2, 0.25) is 5.02 Å². The molecule has 108 valence electrons. The van der Waals surface area contributed by atoms with Crippen molar-refractivity contribution in [2.24, 2.45) is 11.7 Å². The largest absolute Gasteiger partial charge is 0.339 e. The molecule has 0 saturated heterocycles. The second-order valence-corrected chi connectivity index (χ2v) is 5.51. The van der Waals surface area contributed by atoms with E-state index in [-0.39, 0.29) is 18.5 Å². The smallest absolute Gasteiger partial charge is 0.253 e. The third kappa shape index (κ3) is 4.00. The third-order valence-corrected chi connectivity index (χ3v) is 3.75. The van der Waals surface area contributed by atoms with Crippen molar-refractivity contribution in [2.45, 2.75) is 26.8 Å². The summed E-state index contributed by atoms with van der Waals surface area (Å²) in [6.07, 6.45) is 0. The van der Waals surface area contributed by atoms with Gasteiger partial charge in [-0.15, -0.1) is 0 Å². The Morgan fingerprint density at radius 3 is 2.55 bits per heavy atom. The van der Waals surface area contributed by atoms with Crippen LogP contribution in [0.1, 0.15) is 36.7 Å². The van der Waals surface area contributed by atoms with Gasteiger partial charge in [0.2, 0.25) is 0 Å². The van der Waals surface area contributed by atoms with Gasteiger partial charge in [0.05, 0.1) is 11.6 Å². The SMILES string of the molecule is CC(C)C(C)N(C)C(=O)c1ccc(C#CCN)c(Cl)c1. The van der Waals surface area contributed by atoms with Gasteiger partial charge in [-0.05, 0) is 31.0 Å². The first-order valence-corrected chi connectivity index (χ1v) is 7.02. The van der Waals surface area contributed by atoms with Crippen molar-refractivity contribution in [1.29, 1.82) is 0 Å². The van der Waals surface area contributed by atoms with Crippen LogP contribution >= 0.6 is 11.6 Å². The van der Waals surface area contributed by atoms with Gasteiger partial charge >= 0.3 is 0 Å². The molecule has 1 aromatic rings. The van der Waals surface area contributed by atoms with E-state index in [2.05, 4.69) is 25.7 Å². The molecule has 0 aliphatic heterocycles. The molecule has 0 bridgehead atoms. The standard InChI is InChI=1S/C16H21ClN2O/c1-11(2)12(3)19(4)16(20)14-8-7-13(6-5-9-18)15(17)10-14/h7-8,10-12H,9,18H2,1-4H3. The lowest BCUT2D eigenvalue weighted by atomic mass is 10.0. The van der Waals surface area contributed by atoms with Crippen LogP contribution in [0.4, 0.5) is 0 Å². The van der Waals surface area contributed by atoms with Gasteiger partial charge in [0.15, 0.2) is 0 Å². The number of benzene rings is 1. The van der Waals surface area contributed by atoms with Crippen LogP contribution in [-0.4, -0.2) is 30.4 Å². The molecule has 1 atom stereocenters. The number of carbonyl (C=O) groups is 1. The van der Waals surface area contributed by atoms with Crippen LogP contribution in [0.5, 0.6) is 0 Å². The maximum absolute atomic E-state index is 12.4. The summed E-state index contributed by atoms with van der Waals surface area (Å²) in [6, 6.07) is 5.33. The molecule has 0 heterocycles. The Labute approximate surface area is 126 Å². The van der Waals surface area contributed by atoms with Crippen molar-refractivity contribution < 1.29 is 4.79 Å². The maximum atomic E-state index is 12.4. The van der Waals surface area contributed by atoms with Gasteiger partial charge in [0.1, 0.15) is 0 Å². The lowest BCUT2D eigenvalue weighted by Crippen LogP contribution is -2.38. The molecule has 0 aromatic heterocycles. The van der Waals surface area contributed by atoms with Crippen LogP contribution in [-0.2, 0) is 0 Å². The number of halogens is 1. The summed E-state index contributed by atoms with van der Waals surface area (Å²) in [7, 11) is 1.81. The molecular weight excluding hydrogens is 272 g/mol. The fourth-order valence-electron chi connectivity index (χ4n) is 1.73. The first kappa shape index (κ1) is 16.6. The zero-order chi connectivity index (χ0) is 15.3. The number of hydrogen-bond acceptors (Lipinski definition) is 2. The van der Waals surface area contributed by atoms with Gasteiger partial charge in [-0.1, -0.05) is 37.3 Å². The lowest BCUT2D eigenvalue weighted by molar-refractivity contribution is 0.0707. The van der Waals surface area contributed by atoms with Gasteiger partial charge < -0.3 is 10.6 Å². The third-order valence-electron chi connectivity index (χ3n) is 3.44. The molecule has 20 heavy (non-hydrogen) atoms. The maximum Gasteiger partial charge on any atom is 0.253 e. The van der Waals surface area contributed by atoms with Crippen molar-refractivity contribution >= 4 is 17.5 Å². The molecule has 2 N–H and O–H groups in total. The van der Waals surface area contributed by atoms with E-state index in [4.69, 9.17) is 17.3 Å². The van der Waals surface area contributed by atoms with E-state index < -0.39 is 0 Å². The van der Waals surface area contributed by atoms with E-state index in [1.54, 1.807) is 23.1 Å². The first-order chi connectivity index (χ1) is 9.38. The Morgan fingerprint density at radius 2 is 2.05 bits per heavy atom. The highest BCUT2D eigenvalue weighted by Gasteiger charge is 2.20. The number of nitrogens with zero attached hydrogens (tertiary/aromatic N) is 1. The molecule has 3 nitrogen and oxygen atoms in total. The molecule has 0 spiro atoms. The first-order valence-electron chi connectivity index (χ1n) is 6.64. The number of hydrogen-bond donors (Lipinski definition) is 1. The second-order valence-electron chi connectivity index (χ2n) is 5.10.